The number of ether oxygens (including phenoxy) is 3. The number of carbonyl (C=O) groups excluding carboxylic acids is 2. The number of benzene rings is 2. The number of methoxy groups -OCH3 is 3. The molecule has 0 bridgehead atoms. The molecule has 0 saturated carbocycles. The Bertz CT molecular complexity index is 1210. The number of aromatic amines is 1. The van der Waals surface area contributed by atoms with Gasteiger partial charge in [0.15, 0.2) is 0 Å². The van der Waals surface area contributed by atoms with Gasteiger partial charge in [-0.15, -0.1) is 0 Å². The first-order valence-electron chi connectivity index (χ1n) is 11.5. The second-order valence-electron chi connectivity index (χ2n) is 8.09. The molecule has 0 atom stereocenters. The van der Waals surface area contributed by atoms with Crippen LogP contribution in [0, 0.1) is 0 Å². The molecule has 1 heterocycles. The number of amides is 2. The average molecular weight is 496 g/mol. The van der Waals surface area contributed by atoms with E-state index in [1.165, 1.54) is 24.2 Å². The number of aromatic nitrogens is 1. The molecular formula is C26H33N5O5. The lowest BCUT2D eigenvalue weighted by molar-refractivity contribution is 0.0815. The molecule has 0 fully saturated rings. The summed E-state index contributed by atoms with van der Waals surface area (Å²) in [4.78, 5) is 29.2. The van der Waals surface area contributed by atoms with Crippen LogP contribution >= 0.6 is 0 Å². The lowest BCUT2D eigenvalue weighted by Crippen LogP contribution is -2.33. The second kappa shape index (κ2) is 11.9. The van der Waals surface area contributed by atoms with E-state index in [1.807, 2.05) is 18.2 Å². The van der Waals surface area contributed by atoms with E-state index >= 15 is 0 Å². The molecule has 0 saturated heterocycles. The summed E-state index contributed by atoms with van der Waals surface area (Å²) in [6.45, 7) is 2.09. The molecule has 10 heteroatoms. The van der Waals surface area contributed by atoms with Gasteiger partial charge >= 0.3 is 0 Å². The third-order valence-electron chi connectivity index (χ3n) is 5.54. The number of carbonyl (C=O) groups is 2. The van der Waals surface area contributed by atoms with Gasteiger partial charge in [0.2, 0.25) is 0 Å². The van der Waals surface area contributed by atoms with Crippen molar-refractivity contribution in [1.82, 2.24) is 15.0 Å². The highest BCUT2D eigenvalue weighted by molar-refractivity contribution is 5.98. The van der Waals surface area contributed by atoms with Gasteiger partial charge < -0.3 is 19.2 Å². The predicted octanol–water partition coefficient (Wildman–Crippen LogP) is 4.19. The smallest absolute Gasteiger partial charge is 0.275 e. The zero-order chi connectivity index (χ0) is 26.2. The van der Waals surface area contributed by atoms with Crippen molar-refractivity contribution in [2.24, 2.45) is 0 Å². The van der Waals surface area contributed by atoms with Crippen molar-refractivity contribution in [3.63, 3.8) is 0 Å². The molecule has 10 nitrogen and oxygen atoms in total. The molecule has 36 heavy (non-hydrogen) atoms. The standard InChI is InChI=1S/C26H33N5O5/c1-7-8-17-9-11-21(35-5)19(15-17)25(32)30(2)28-23-13-14-24(27-23)29-31(3)26(33)20-16-18(34-4)10-12-22(20)36-6/h9-16,27-29H,7-8H2,1-6H3. The van der Waals surface area contributed by atoms with Crippen molar-refractivity contribution in [2.75, 3.05) is 46.3 Å². The van der Waals surface area contributed by atoms with Gasteiger partial charge in [-0.2, -0.15) is 0 Å². The van der Waals surface area contributed by atoms with E-state index in [1.54, 1.807) is 51.5 Å². The number of hydrogen-bond donors (Lipinski definition) is 3. The third-order valence-corrected chi connectivity index (χ3v) is 5.54. The fourth-order valence-corrected chi connectivity index (χ4v) is 3.70. The molecule has 3 aromatic rings. The Morgan fingerprint density at radius 2 is 1.31 bits per heavy atom. The molecule has 2 aromatic carbocycles. The van der Waals surface area contributed by atoms with E-state index in [-0.39, 0.29) is 11.8 Å². The molecule has 3 N–H and O–H groups in total. The van der Waals surface area contributed by atoms with Crippen molar-refractivity contribution in [3.05, 3.63) is 65.2 Å². The zero-order valence-corrected chi connectivity index (χ0v) is 21.5. The SMILES string of the molecule is CCCc1ccc(OC)c(C(=O)N(C)Nc2ccc(NN(C)C(=O)c3cc(OC)ccc3OC)[nH]2)c1. The molecule has 3 rings (SSSR count). The van der Waals surface area contributed by atoms with Crippen LogP contribution in [0.3, 0.4) is 0 Å². The van der Waals surface area contributed by atoms with Crippen LogP contribution in [0.2, 0.25) is 0 Å². The number of nitrogens with one attached hydrogen (secondary N) is 3. The van der Waals surface area contributed by atoms with Gasteiger partial charge in [-0.3, -0.25) is 30.5 Å². The Labute approximate surface area is 211 Å². The molecule has 0 aliphatic heterocycles. The molecule has 0 aliphatic rings. The van der Waals surface area contributed by atoms with Crippen LogP contribution in [0.1, 0.15) is 39.6 Å². The van der Waals surface area contributed by atoms with Crippen LogP contribution < -0.4 is 25.1 Å². The zero-order valence-electron chi connectivity index (χ0n) is 21.5. The summed E-state index contributed by atoms with van der Waals surface area (Å²) in [7, 11) is 7.81. The van der Waals surface area contributed by atoms with Gasteiger partial charge in [0.1, 0.15) is 28.9 Å². The minimum atomic E-state index is -0.318. The summed E-state index contributed by atoms with van der Waals surface area (Å²) >= 11 is 0. The Balaban J connectivity index is 1.69. The summed E-state index contributed by atoms with van der Waals surface area (Å²) in [6.07, 6.45) is 1.86. The van der Waals surface area contributed by atoms with Crippen molar-refractivity contribution < 1.29 is 23.8 Å². The number of hydrogen-bond acceptors (Lipinski definition) is 7. The number of rotatable bonds is 11. The Morgan fingerprint density at radius 1 is 0.778 bits per heavy atom. The highest BCUT2D eigenvalue weighted by Crippen LogP contribution is 2.26. The van der Waals surface area contributed by atoms with E-state index < -0.39 is 0 Å². The van der Waals surface area contributed by atoms with E-state index in [4.69, 9.17) is 14.2 Å². The highest BCUT2D eigenvalue weighted by atomic mass is 16.5. The fraction of sp³-hybridized carbons (Fsp3) is 0.308. The molecule has 0 radical (unpaired) electrons. The predicted molar refractivity (Wildman–Crippen MR) is 139 cm³/mol. The maximum atomic E-state index is 13.1. The molecular weight excluding hydrogens is 462 g/mol. The molecule has 0 spiro atoms. The van der Waals surface area contributed by atoms with Crippen molar-refractivity contribution in [1.29, 1.82) is 0 Å². The van der Waals surface area contributed by atoms with Crippen LogP contribution in [-0.2, 0) is 6.42 Å². The fourth-order valence-electron chi connectivity index (χ4n) is 3.70. The highest BCUT2D eigenvalue weighted by Gasteiger charge is 2.20. The van der Waals surface area contributed by atoms with Gasteiger partial charge in [0.05, 0.1) is 32.5 Å². The van der Waals surface area contributed by atoms with E-state index in [2.05, 4.69) is 22.8 Å². The first-order valence-corrected chi connectivity index (χ1v) is 11.5. The third kappa shape index (κ3) is 6.01. The molecule has 0 aliphatic carbocycles. The summed E-state index contributed by atoms with van der Waals surface area (Å²) in [5, 5.41) is 2.70. The number of anilines is 2. The van der Waals surface area contributed by atoms with Crippen LogP contribution in [0.15, 0.2) is 48.5 Å². The van der Waals surface area contributed by atoms with Gasteiger partial charge in [-0.1, -0.05) is 19.4 Å². The van der Waals surface area contributed by atoms with Gasteiger partial charge in [-0.25, -0.2) is 0 Å². The van der Waals surface area contributed by atoms with Crippen LogP contribution in [-0.4, -0.2) is 62.2 Å². The largest absolute Gasteiger partial charge is 0.497 e. The van der Waals surface area contributed by atoms with Gasteiger partial charge in [0, 0.05) is 14.1 Å². The molecule has 0 unspecified atom stereocenters. The van der Waals surface area contributed by atoms with E-state index in [9.17, 15) is 9.59 Å². The Hall–Kier alpha value is -4.34. The quantitative estimate of drug-likeness (QED) is 0.342. The van der Waals surface area contributed by atoms with Crippen molar-refractivity contribution in [3.8, 4) is 17.2 Å². The van der Waals surface area contributed by atoms with Crippen LogP contribution in [0.4, 0.5) is 11.6 Å². The molecule has 1 aromatic heterocycles. The van der Waals surface area contributed by atoms with Crippen LogP contribution in [0.5, 0.6) is 17.2 Å². The molecule has 192 valence electrons. The summed E-state index contributed by atoms with van der Waals surface area (Å²) in [5.41, 5.74) is 7.91. The van der Waals surface area contributed by atoms with Crippen LogP contribution in [0.25, 0.3) is 0 Å². The lowest BCUT2D eigenvalue weighted by atomic mass is 10.1. The van der Waals surface area contributed by atoms with Crippen molar-refractivity contribution in [2.45, 2.75) is 19.8 Å². The maximum absolute atomic E-state index is 13.1. The summed E-state index contributed by atoms with van der Waals surface area (Å²) < 4.78 is 15.9. The Morgan fingerprint density at radius 3 is 1.81 bits per heavy atom. The monoisotopic (exact) mass is 495 g/mol. The minimum Gasteiger partial charge on any atom is -0.497 e. The number of aryl methyl sites for hydroxylation is 1. The average Bonchev–Trinajstić information content (AvgIpc) is 3.33. The maximum Gasteiger partial charge on any atom is 0.275 e. The summed E-state index contributed by atoms with van der Waals surface area (Å²) in [6, 6.07) is 14.2. The topological polar surface area (TPSA) is 108 Å². The van der Waals surface area contributed by atoms with Gasteiger partial charge in [0.25, 0.3) is 11.8 Å². The number of nitrogens with zero attached hydrogens (tertiary/aromatic N) is 2. The normalized spacial score (nSPS) is 10.4. The summed E-state index contributed by atoms with van der Waals surface area (Å²) in [5.74, 6) is 2.02. The second-order valence-corrected chi connectivity index (χ2v) is 8.09. The number of hydrazine groups is 2. The first kappa shape index (κ1) is 26.3. The lowest BCUT2D eigenvalue weighted by Gasteiger charge is -2.21. The number of H-pyrrole nitrogens is 1. The van der Waals surface area contributed by atoms with E-state index in [0.717, 1.165) is 18.4 Å². The molecule has 2 amide bonds. The van der Waals surface area contributed by atoms with Gasteiger partial charge in [-0.05, 0) is 54.4 Å². The first-order chi connectivity index (χ1) is 17.3. The Kier molecular flexibility index (Phi) is 8.66. The minimum absolute atomic E-state index is 0.244. The van der Waals surface area contributed by atoms with Crippen molar-refractivity contribution >= 4 is 23.5 Å². The van der Waals surface area contributed by atoms with E-state index in [0.29, 0.717) is 40.0 Å².